The lowest BCUT2D eigenvalue weighted by Gasteiger charge is -2.28. The highest BCUT2D eigenvalue weighted by Crippen LogP contribution is 2.05. The van der Waals surface area contributed by atoms with Crippen molar-refractivity contribution in [1.82, 2.24) is 10.2 Å². The first-order valence-corrected chi connectivity index (χ1v) is 4.91. The molecule has 4 heteroatoms. The van der Waals surface area contributed by atoms with Crippen molar-refractivity contribution in [1.29, 1.82) is 5.26 Å². The Morgan fingerprint density at radius 2 is 2.14 bits per heavy atom. The number of nitriles is 1. The Labute approximate surface area is 85.9 Å². The summed E-state index contributed by atoms with van der Waals surface area (Å²) < 4.78 is 0. The predicted molar refractivity (Wildman–Crippen MR) is 55.6 cm³/mol. The van der Waals surface area contributed by atoms with Gasteiger partial charge in [0.2, 0.25) is 5.91 Å². The highest BCUT2D eigenvalue weighted by Gasteiger charge is 2.21. The van der Waals surface area contributed by atoms with Crippen molar-refractivity contribution in [3.05, 3.63) is 0 Å². The molecule has 2 unspecified atom stereocenters. The third-order valence-corrected chi connectivity index (χ3v) is 2.42. The van der Waals surface area contributed by atoms with Gasteiger partial charge in [-0.1, -0.05) is 0 Å². The van der Waals surface area contributed by atoms with Crippen LogP contribution in [0.1, 0.15) is 27.2 Å². The van der Waals surface area contributed by atoms with Gasteiger partial charge in [-0.05, 0) is 27.8 Å². The molecule has 0 heterocycles. The molecule has 0 aliphatic carbocycles. The van der Waals surface area contributed by atoms with Crippen molar-refractivity contribution in [3.8, 4) is 6.07 Å². The van der Waals surface area contributed by atoms with Crippen LogP contribution < -0.4 is 5.32 Å². The van der Waals surface area contributed by atoms with E-state index in [2.05, 4.69) is 11.4 Å². The molecule has 0 fully saturated rings. The Morgan fingerprint density at radius 1 is 1.57 bits per heavy atom. The minimum absolute atomic E-state index is 0.0137. The zero-order valence-corrected chi connectivity index (χ0v) is 9.37. The van der Waals surface area contributed by atoms with Crippen LogP contribution in [0.3, 0.4) is 0 Å². The lowest BCUT2D eigenvalue weighted by atomic mass is 10.1. The van der Waals surface area contributed by atoms with E-state index in [0.29, 0.717) is 13.0 Å². The SMILES string of the molecule is CCNC(=O)C(C)N(C)C(C)CC#N. The fourth-order valence-electron chi connectivity index (χ4n) is 1.16. The lowest BCUT2D eigenvalue weighted by Crippen LogP contribution is -2.46. The van der Waals surface area contributed by atoms with E-state index in [1.54, 1.807) is 0 Å². The van der Waals surface area contributed by atoms with Crippen molar-refractivity contribution in [3.63, 3.8) is 0 Å². The van der Waals surface area contributed by atoms with Gasteiger partial charge in [0.25, 0.3) is 0 Å². The van der Waals surface area contributed by atoms with Crippen molar-refractivity contribution < 1.29 is 4.79 Å². The summed E-state index contributed by atoms with van der Waals surface area (Å²) in [5.41, 5.74) is 0. The molecule has 0 spiro atoms. The summed E-state index contributed by atoms with van der Waals surface area (Å²) in [5.74, 6) is 0.0137. The number of hydrogen-bond donors (Lipinski definition) is 1. The monoisotopic (exact) mass is 197 g/mol. The fraction of sp³-hybridized carbons (Fsp3) is 0.800. The van der Waals surface area contributed by atoms with Crippen LogP contribution in [-0.2, 0) is 4.79 Å². The van der Waals surface area contributed by atoms with Crippen molar-refractivity contribution >= 4 is 5.91 Å². The second-order valence-corrected chi connectivity index (χ2v) is 3.45. The minimum Gasteiger partial charge on any atom is -0.355 e. The molecule has 1 amide bonds. The van der Waals surface area contributed by atoms with Crippen molar-refractivity contribution in [2.24, 2.45) is 0 Å². The standard InChI is InChI=1S/C10H19N3O/c1-5-12-10(14)9(3)13(4)8(2)6-7-11/h8-9H,5-6H2,1-4H3,(H,12,14). The summed E-state index contributed by atoms with van der Waals surface area (Å²) in [6.07, 6.45) is 0.445. The topological polar surface area (TPSA) is 56.1 Å². The Bertz CT molecular complexity index is 222. The van der Waals surface area contributed by atoms with Gasteiger partial charge in [-0.25, -0.2) is 0 Å². The summed E-state index contributed by atoms with van der Waals surface area (Å²) in [7, 11) is 1.86. The van der Waals surface area contributed by atoms with Crippen molar-refractivity contribution in [2.75, 3.05) is 13.6 Å². The second-order valence-electron chi connectivity index (χ2n) is 3.45. The van der Waals surface area contributed by atoms with Crippen molar-refractivity contribution in [2.45, 2.75) is 39.3 Å². The van der Waals surface area contributed by atoms with E-state index in [4.69, 9.17) is 5.26 Å². The van der Waals surface area contributed by atoms with Gasteiger partial charge in [0.1, 0.15) is 0 Å². The number of nitrogens with one attached hydrogen (secondary N) is 1. The zero-order valence-electron chi connectivity index (χ0n) is 9.37. The fourth-order valence-corrected chi connectivity index (χ4v) is 1.16. The number of rotatable bonds is 5. The Balaban J connectivity index is 4.17. The van der Waals surface area contributed by atoms with Gasteiger partial charge in [0.05, 0.1) is 18.5 Å². The van der Waals surface area contributed by atoms with Crippen LogP contribution in [-0.4, -0.2) is 36.5 Å². The minimum atomic E-state index is -0.182. The Hall–Kier alpha value is -1.08. The number of hydrogen-bond acceptors (Lipinski definition) is 3. The number of carbonyl (C=O) groups excluding carboxylic acids is 1. The molecule has 0 aliphatic rings. The third kappa shape index (κ3) is 3.75. The molecule has 80 valence electrons. The van der Waals surface area contributed by atoms with Gasteiger partial charge in [-0.15, -0.1) is 0 Å². The van der Waals surface area contributed by atoms with Crippen LogP contribution in [0, 0.1) is 11.3 Å². The molecule has 0 saturated heterocycles. The van der Waals surface area contributed by atoms with E-state index in [9.17, 15) is 4.79 Å². The smallest absolute Gasteiger partial charge is 0.237 e. The highest BCUT2D eigenvalue weighted by atomic mass is 16.2. The number of likely N-dealkylation sites (N-methyl/N-ethyl adjacent to an activating group) is 2. The molecule has 0 aromatic carbocycles. The zero-order chi connectivity index (χ0) is 11.1. The molecule has 0 aliphatic heterocycles. The van der Waals surface area contributed by atoms with Crippen LogP contribution in [0.2, 0.25) is 0 Å². The molecule has 0 aromatic heterocycles. The molecule has 14 heavy (non-hydrogen) atoms. The summed E-state index contributed by atoms with van der Waals surface area (Å²) in [6, 6.07) is 2.03. The summed E-state index contributed by atoms with van der Waals surface area (Å²) in [5, 5.41) is 11.3. The van der Waals surface area contributed by atoms with E-state index >= 15 is 0 Å². The largest absolute Gasteiger partial charge is 0.355 e. The Kier molecular flexibility index (Phi) is 5.89. The second kappa shape index (κ2) is 6.39. The Morgan fingerprint density at radius 3 is 2.57 bits per heavy atom. The van der Waals surface area contributed by atoms with E-state index in [-0.39, 0.29) is 18.0 Å². The molecule has 0 aromatic rings. The molecule has 2 atom stereocenters. The molecule has 0 saturated carbocycles. The first-order chi connectivity index (χ1) is 6.54. The maximum Gasteiger partial charge on any atom is 0.237 e. The molecule has 4 nitrogen and oxygen atoms in total. The molecular formula is C10H19N3O. The van der Waals surface area contributed by atoms with Crippen LogP contribution >= 0.6 is 0 Å². The van der Waals surface area contributed by atoms with E-state index in [1.807, 2.05) is 32.7 Å². The molecule has 0 radical (unpaired) electrons. The lowest BCUT2D eigenvalue weighted by molar-refractivity contribution is -0.125. The van der Waals surface area contributed by atoms with Crippen LogP contribution in [0.25, 0.3) is 0 Å². The average Bonchev–Trinajstić information content (AvgIpc) is 2.16. The number of nitrogens with zero attached hydrogens (tertiary/aromatic N) is 2. The van der Waals surface area contributed by atoms with E-state index < -0.39 is 0 Å². The van der Waals surface area contributed by atoms with Crippen LogP contribution in [0.15, 0.2) is 0 Å². The average molecular weight is 197 g/mol. The van der Waals surface area contributed by atoms with E-state index in [1.165, 1.54) is 0 Å². The molecule has 0 rings (SSSR count). The van der Waals surface area contributed by atoms with E-state index in [0.717, 1.165) is 0 Å². The molecule has 0 bridgehead atoms. The van der Waals surface area contributed by atoms with Crippen LogP contribution in [0.4, 0.5) is 0 Å². The van der Waals surface area contributed by atoms with Gasteiger partial charge in [0.15, 0.2) is 0 Å². The number of carbonyl (C=O) groups is 1. The third-order valence-electron chi connectivity index (χ3n) is 2.42. The summed E-state index contributed by atoms with van der Waals surface area (Å²) >= 11 is 0. The molecular weight excluding hydrogens is 178 g/mol. The maximum atomic E-state index is 11.5. The van der Waals surface area contributed by atoms with Gasteiger partial charge in [-0.3, -0.25) is 9.69 Å². The number of amides is 1. The predicted octanol–water partition coefficient (Wildman–Crippen LogP) is 0.745. The molecule has 1 N–H and O–H groups in total. The van der Waals surface area contributed by atoms with Gasteiger partial charge in [0, 0.05) is 12.6 Å². The first-order valence-electron chi connectivity index (χ1n) is 4.91. The first kappa shape index (κ1) is 12.9. The maximum absolute atomic E-state index is 11.5. The quantitative estimate of drug-likeness (QED) is 0.707. The normalized spacial score (nSPS) is 14.6. The summed E-state index contributed by atoms with van der Waals surface area (Å²) in [4.78, 5) is 13.4. The summed E-state index contributed by atoms with van der Waals surface area (Å²) in [6.45, 7) is 6.32. The van der Waals surface area contributed by atoms with Gasteiger partial charge >= 0.3 is 0 Å². The van der Waals surface area contributed by atoms with Gasteiger partial charge < -0.3 is 5.32 Å². The van der Waals surface area contributed by atoms with Gasteiger partial charge in [-0.2, -0.15) is 5.26 Å². The highest BCUT2D eigenvalue weighted by molar-refractivity contribution is 5.81. The van der Waals surface area contributed by atoms with Crippen LogP contribution in [0.5, 0.6) is 0 Å².